The van der Waals surface area contributed by atoms with E-state index in [1.165, 1.54) is 6.42 Å². The van der Waals surface area contributed by atoms with Crippen LogP contribution in [-0.2, 0) is 4.79 Å². The maximum Gasteiger partial charge on any atom is 0.237 e. The number of carbonyl (C=O) groups is 1. The van der Waals surface area contributed by atoms with Crippen molar-refractivity contribution in [3.8, 4) is 0 Å². The number of carbonyl (C=O) groups excluding carboxylic acids is 1. The molecule has 0 aromatic heterocycles. The fourth-order valence-corrected chi connectivity index (χ4v) is 2.85. The minimum absolute atomic E-state index is 0.0332. The van der Waals surface area contributed by atoms with Crippen LogP contribution in [-0.4, -0.2) is 30.0 Å². The highest BCUT2D eigenvalue weighted by Crippen LogP contribution is 2.29. The van der Waals surface area contributed by atoms with Gasteiger partial charge in [0.15, 0.2) is 0 Å². The number of rotatable bonds is 5. The Balaban J connectivity index is 2.31. The third-order valence-corrected chi connectivity index (χ3v) is 4.56. The van der Waals surface area contributed by atoms with Crippen LogP contribution < -0.4 is 11.1 Å². The quantitative estimate of drug-likeness (QED) is 0.793. The first-order valence-corrected chi connectivity index (χ1v) is 7.98. The van der Waals surface area contributed by atoms with Crippen molar-refractivity contribution in [3.63, 3.8) is 0 Å². The van der Waals surface area contributed by atoms with E-state index in [1.54, 1.807) is 11.8 Å². The molecule has 4 heteroatoms. The molecule has 4 atom stereocenters. The second-order valence-electron chi connectivity index (χ2n) is 5.36. The van der Waals surface area contributed by atoms with Crippen molar-refractivity contribution < 1.29 is 4.79 Å². The van der Waals surface area contributed by atoms with Gasteiger partial charge in [0.05, 0.1) is 6.04 Å². The minimum Gasteiger partial charge on any atom is -0.352 e. The molecular formula is C13H26N2OS. The Labute approximate surface area is 109 Å². The number of hydrogen-bond acceptors (Lipinski definition) is 3. The highest BCUT2D eigenvalue weighted by molar-refractivity contribution is 7.98. The zero-order valence-corrected chi connectivity index (χ0v) is 12.1. The number of amides is 1. The molecule has 1 aliphatic carbocycles. The summed E-state index contributed by atoms with van der Waals surface area (Å²) < 4.78 is 0. The average molecular weight is 258 g/mol. The van der Waals surface area contributed by atoms with E-state index < -0.39 is 0 Å². The molecule has 3 unspecified atom stereocenters. The Morgan fingerprint density at radius 1 is 1.41 bits per heavy atom. The van der Waals surface area contributed by atoms with Crippen LogP contribution in [0, 0.1) is 11.8 Å². The van der Waals surface area contributed by atoms with E-state index in [0.29, 0.717) is 12.0 Å². The Bertz CT molecular complexity index is 248. The van der Waals surface area contributed by atoms with E-state index in [0.717, 1.165) is 30.9 Å². The van der Waals surface area contributed by atoms with Crippen molar-refractivity contribution in [2.24, 2.45) is 17.6 Å². The molecule has 100 valence electrons. The Hall–Kier alpha value is -0.220. The van der Waals surface area contributed by atoms with Crippen molar-refractivity contribution in [2.75, 3.05) is 12.0 Å². The van der Waals surface area contributed by atoms with E-state index in [-0.39, 0.29) is 11.9 Å². The highest BCUT2D eigenvalue weighted by atomic mass is 32.2. The second kappa shape index (κ2) is 7.27. The van der Waals surface area contributed by atoms with Crippen LogP contribution in [0.15, 0.2) is 0 Å². The van der Waals surface area contributed by atoms with Crippen molar-refractivity contribution in [2.45, 2.75) is 51.6 Å². The predicted octanol–water partition coefficient (Wildman–Crippen LogP) is 2.01. The lowest BCUT2D eigenvalue weighted by Gasteiger charge is -2.33. The summed E-state index contributed by atoms with van der Waals surface area (Å²) in [6.45, 7) is 4.57. The minimum atomic E-state index is -0.336. The summed E-state index contributed by atoms with van der Waals surface area (Å²) >= 11 is 1.73. The van der Waals surface area contributed by atoms with Gasteiger partial charge in [-0.3, -0.25) is 4.79 Å². The first-order chi connectivity index (χ1) is 8.04. The van der Waals surface area contributed by atoms with Gasteiger partial charge < -0.3 is 11.1 Å². The van der Waals surface area contributed by atoms with E-state index in [4.69, 9.17) is 5.73 Å². The molecule has 1 aliphatic rings. The largest absolute Gasteiger partial charge is 0.352 e. The molecule has 17 heavy (non-hydrogen) atoms. The number of thioether (sulfide) groups is 1. The summed E-state index contributed by atoms with van der Waals surface area (Å²) in [6.07, 6.45) is 6.22. The third kappa shape index (κ3) is 4.88. The lowest BCUT2D eigenvalue weighted by atomic mass is 9.79. The topological polar surface area (TPSA) is 55.1 Å². The van der Waals surface area contributed by atoms with Gasteiger partial charge in [-0.1, -0.05) is 13.8 Å². The van der Waals surface area contributed by atoms with Crippen LogP contribution in [0.1, 0.15) is 39.5 Å². The average Bonchev–Trinajstić information content (AvgIpc) is 2.30. The number of nitrogens with two attached hydrogens (primary N) is 1. The predicted molar refractivity (Wildman–Crippen MR) is 75.1 cm³/mol. The third-order valence-electron chi connectivity index (χ3n) is 3.91. The molecule has 1 fully saturated rings. The smallest absolute Gasteiger partial charge is 0.237 e. The zero-order chi connectivity index (χ0) is 12.8. The van der Waals surface area contributed by atoms with Gasteiger partial charge in [-0.05, 0) is 49.5 Å². The van der Waals surface area contributed by atoms with Gasteiger partial charge in [0.2, 0.25) is 5.91 Å². The molecule has 0 heterocycles. The second-order valence-corrected chi connectivity index (χ2v) is 6.35. The SMILES string of the molecule is CSCC[C@H](N)C(=O)NC1CCC(C)C(C)C1. The van der Waals surface area contributed by atoms with Gasteiger partial charge >= 0.3 is 0 Å². The van der Waals surface area contributed by atoms with Crippen molar-refractivity contribution in [3.05, 3.63) is 0 Å². The fraction of sp³-hybridized carbons (Fsp3) is 0.923. The Morgan fingerprint density at radius 2 is 2.12 bits per heavy atom. The summed E-state index contributed by atoms with van der Waals surface area (Å²) in [5.74, 6) is 2.47. The first-order valence-electron chi connectivity index (χ1n) is 6.59. The van der Waals surface area contributed by atoms with Crippen molar-refractivity contribution in [1.29, 1.82) is 0 Å². The lowest BCUT2D eigenvalue weighted by molar-refractivity contribution is -0.123. The van der Waals surface area contributed by atoms with Gasteiger partial charge in [0, 0.05) is 6.04 Å². The standard InChI is InChI=1S/C13H26N2OS/c1-9-4-5-11(8-10(9)2)15-13(16)12(14)6-7-17-3/h9-12H,4-8,14H2,1-3H3,(H,15,16)/t9?,10?,11?,12-/m0/s1. The van der Waals surface area contributed by atoms with Crippen LogP contribution in [0.3, 0.4) is 0 Å². The molecule has 0 aromatic rings. The van der Waals surface area contributed by atoms with Crippen molar-refractivity contribution in [1.82, 2.24) is 5.32 Å². The van der Waals surface area contributed by atoms with E-state index in [2.05, 4.69) is 19.2 Å². The first kappa shape index (κ1) is 14.8. The summed E-state index contributed by atoms with van der Waals surface area (Å²) in [4.78, 5) is 11.9. The van der Waals surface area contributed by atoms with Gasteiger partial charge in [0.1, 0.15) is 0 Å². The number of nitrogens with one attached hydrogen (secondary N) is 1. The molecule has 0 saturated heterocycles. The van der Waals surface area contributed by atoms with Crippen LogP contribution >= 0.6 is 11.8 Å². The number of hydrogen-bond donors (Lipinski definition) is 2. The molecule has 3 nitrogen and oxygen atoms in total. The summed E-state index contributed by atoms with van der Waals surface area (Å²) in [5, 5.41) is 3.11. The molecule has 0 bridgehead atoms. The maximum atomic E-state index is 11.9. The van der Waals surface area contributed by atoms with Crippen LogP contribution in [0.2, 0.25) is 0 Å². The molecule has 0 radical (unpaired) electrons. The lowest BCUT2D eigenvalue weighted by Crippen LogP contribution is -2.47. The Morgan fingerprint density at radius 3 is 2.71 bits per heavy atom. The monoisotopic (exact) mass is 258 g/mol. The van der Waals surface area contributed by atoms with Crippen LogP contribution in [0.25, 0.3) is 0 Å². The molecular weight excluding hydrogens is 232 g/mol. The van der Waals surface area contributed by atoms with Crippen molar-refractivity contribution >= 4 is 17.7 Å². The molecule has 1 rings (SSSR count). The maximum absolute atomic E-state index is 11.9. The normalized spacial score (nSPS) is 30.9. The summed E-state index contributed by atoms with van der Waals surface area (Å²) in [5.41, 5.74) is 5.86. The Kier molecular flexibility index (Phi) is 6.34. The molecule has 0 aliphatic heterocycles. The van der Waals surface area contributed by atoms with Gasteiger partial charge in [-0.2, -0.15) is 11.8 Å². The van der Waals surface area contributed by atoms with Gasteiger partial charge in [-0.15, -0.1) is 0 Å². The highest BCUT2D eigenvalue weighted by Gasteiger charge is 2.26. The van der Waals surface area contributed by atoms with E-state index >= 15 is 0 Å². The van der Waals surface area contributed by atoms with Gasteiger partial charge in [0.25, 0.3) is 0 Å². The summed E-state index contributed by atoms with van der Waals surface area (Å²) in [6, 6.07) is 0.00568. The zero-order valence-electron chi connectivity index (χ0n) is 11.2. The molecule has 3 N–H and O–H groups in total. The van der Waals surface area contributed by atoms with Crippen LogP contribution in [0.5, 0.6) is 0 Å². The molecule has 1 amide bonds. The molecule has 0 spiro atoms. The van der Waals surface area contributed by atoms with Crippen LogP contribution in [0.4, 0.5) is 0 Å². The van der Waals surface area contributed by atoms with Gasteiger partial charge in [-0.25, -0.2) is 0 Å². The van der Waals surface area contributed by atoms with E-state index in [9.17, 15) is 4.79 Å². The summed E-state index contributed by atoms with van der Waals surface area (Å²) in [7, 11) is 0. The van der Waals surface area contributed by atoms with E-state index in [1.807, 2.05) is 6.26 Å². The molecule has 0 aromatic carbocycles. The fourth-order valence-electron chi connectivity index (χ4n) is 2.36. The molecule has 1 saturated carbocycles.